The SMILES string of the molecule is CC(C)(C)OC(=O)N(CC1CC1)c1cc2[nH]ccc2cn1. The lowest BCUT2D eigenvalue weighted by Crippen LogP contribution is -2.38. The Balaban J connectivity index is 1.88. The fourth-order valence-electron chi connectivity index (χ4n) is 2.22. The number of H-pyrrole nitrogens is 1. The molecule has 21 heavy (non-hydrogen) atoms. The molecule has 0 unspecified atom stereocenters. The number of nitrogens with one attached hydrogen (secondary N) is 1. The molecule has 0 aliphatic heterocycles. The molecule has 1 aliphatic rings. The molecule has 0 atom stereocenters. The van der Waals surface area contributed by atoms with Gasteiger partial charge in [0.25, 0.3) is 0 Å². The average molecular weight is 287 g/mol. The highest BCUT2D eigenvalue weighted by atomic mass is 16.6. The molecule has 1 N–H and O–H groups in total. The zero-order chi connectivity index (χ0) is 15.0. The van der Waals surface area contributed by atoms with Gasteiger partial charge >= 0.3 is 6.09 Å². The normalized spacial score (nSPS) is 15.2. The van der Waals surface area contributed by atoms with Crippen LogP contribution in [0.4, 0.5) is 10.6 Å². The monoisotopic (exact) mass is 287 g/mol. The molecule has 2 aromatic rings. The highest BCUT2D eigenvalue weighted by Gasteiger charge is 2.31. The van der Waals surface area contributed by atoms with Gasteiger partial charge in [0, 0.05) is 30.4 Å². The summed E-state index contributed by atoms with van der Waals surface area (Å²) in [5, 5.41) is 1.04. The summed E-state index contributed by atoms with van der Waals surface area (Å²) in [5.74, 6) is 1.21. The van der Waals surface area contributed by atoms with E-state index in [-0.39, 0.29) is 6.09 Å². The molecule has 0 radical (unpaired) electrons. The number of rotatable bonds is 3. The summed E-state index contributed by atoms with van der Waals surface area (Å²) in [4.78, 5) is 21.7. The molecule has 112 valence electrons. The van der Waals surface area contributed by atoms with Crippen LogP contribution in [-0.4, -0.2) is 28.2 Å². The van der Waals surface area contributed by atoms with Gasteiger partial charge in [0.2, 0.25) is 0 Å². The molecule has 0 spiro atoms. The Morgan fingerprint density at radius 3 is 2.90 bits per heavy atom. The van der Waals surface area contributed by atoms with Crippen LogP contribution >= 0.6 is 0 Å². The highest BCUT2D eigenvalue weighted by molar-refractivity contribution is 5.90. The van der Waals surface area contributed by atoms with Crippen LogP contribution in [0.25, 0.3) is 10.9 Å². The van der Waals surface area contributed by atoms with E-state index in [0.717, 1.165) is 10.9 Å². The lowest BCUT2D eigenvalue weighted by Gasteiger charge is -2.26. The Kier molecular flexibility index (Phi) is 3.35. The van der Waals surface area contributed by atoms with Crippen molar-refractivity contribution in [1.29, 1.82) is 0 Å². The van der Waals surface area contributed by atoms with Gasteiger partial charge in [-0.05, 0) is 45.6 Å². The number of hydrogen-bond donors (Lipinski definition) is 1. The van der Waals surface area contributed by atoms with Crippen molar-refractivity contribution in [2.75, 3.05) is 11.4 Å². The first kappa shape index (κ1) is 13.9. The number of ether oxygens (including phenoxy) is 1. The summed E-state index contributed by atoms with van der Waals surface area (Å²) in [5.41, 5.74) is 0.472. The van der Waals surface area contributed by atoms with Crippen LogP contribution in [0.2, 0.25) is 0 Å². The average Bonchev–Trinajstić information content (AvgIpc) is 3.09. The summed E-state index contributed by atoms with van der Waals surface area (Å²) >= 11 is 0. The summed E-state index contributed by atoms with van der Waals surface area (Å²) in [6.07, 6.45) is 5.67. The number of pyridine rings is 1. The van der Waals surface area contributed by atoms with Crippen LogP contribution in [0, 0.1) is 5.92 Å². The Hall–Kier alpha value is -2.04. The topological polar surface area (TPSA) is 58.2 Å². The van der Waals surface area contributed by atoms with Crippen LogP contribution in [-0.2, 0) is 4.74 Å². The van der Waals surface area contributed by atoms with Crippen molar-refractivity contribution < 1.29 is 9.53 Å². The van der Waals surface area contributed by atoms with E-state index in [9.17, 15) is 4.79 Å². The number of fused-ring (bicyclic) bond motifs is 1. The van der Waals surface area contributed by atoms with E-state index >= 15 is 0 Å². The largest absolute Gasteiger partial charge is 0.443 e. The molecular weight excluding hydrogens is 266 g/mol. The number of nitrogens with zero attached hydrogens (tertiary/aromatic N) is 2. The summed E-state index contributed by atoms with van der Waals surface area (Å²) in [6, 6.07) is 3.87. The maximum absolute atomic E-state index is 12.5. The van der Waals surface area contributed by atoms with Gasteiger partial charge in [0.15, 0.2) is 0 Å². The Labute approximate surface area is 124 Å². The van der Waals surface area contributed by atoms with Gasteiger partial charge in [-0.3, -0.25) is 4.90 Å². The van der Waals surface area contributed by atoms with Crippen LogP contribution in [0.3, 0.4) is 0 Å². The van der Waals surface area contributed by atoms with Crippen molar-refractivity contribution in [1.82, 2.24) is 9.97 Å². The Morgan fingerprint density at radius 2 is 2.24 bits per heavy atom. The molecule has 2 aromatic heterocycles. The summed E-state index contributed by atoms with van der Waals surface area (Å²) in [6.45, 7) is 6.31. The van der Waals surface area contributed by atoms with Crippen LogP contribution in [0.1, 0.15) is 33.6 Å². The van der Waals surface area contributed by atoms with Gasteiger partial charge in [-0.1, -0.05) is 0 Å². The Bertz CT molecular complexity index is 653. The number of amides is 1. The van der Waals surface area contributed by atoms with Crippen LogP contribution in [0.5, 0.6) is 0 Å². The minimum Gasteiger partial charge on any atom is -0.443 e. The van der Waals surface area contributed by atoms with Gasteiger partial charge in [-0.25, -0.2) is 9.78 Å². The number of carbonyl (C=O) groups excluding carboxylic acids is 1. The number of carbonyl (C=O) groups is 1. The maximum atomic E-state index is 12.5. The second kappa shape index (κ2) is 5.06. The van der Waals surface area contributed by atoms with E-state index in [1.165, 1.54) is 12.8 Å². The van der Waals surface area contributed by atoms with Gasteiger partial charge in [0.1, 0.15) is 11.4 Å². The van der Waals surface area contributed by atoms with Gasteiger partial charge in [-0.2, -0.15) is 0 Å². The third kappa shape index (κ3) is 3.35. The molecule has 3 rings (SSSR count). The molecule has 1 aliphatic carbocycles. The smallest absolute Gasteiger partial charge is 0.416 e. The molecule has 5 heteroatoms. The second-order valence-electron chi connectivity index (χ2n) is 6.64. The zero-order valence-corrected chi connectivity index (χ0v) is 12.7. The molecule has 5 nitrogen and oxygen atoms in total. The fourth-order valence-corrected chi connectivity index (χ4v) is 2.22. The van der Waals surface area contributed by atoms with Crippen LogP contribution < -0.4 is 4.90 Å². The van der Waals surface area contributed by atoms with Crippen molar-refractivity contribution in [3.63, 3.8) is 0 Å². The van der Waals surface area contributed by atoms with Crippen molar-refractivity contribution >= 4 is 22.8 Å². The summed E-state index contributed by atoms with van der Waals surface area (Å²) in [7, 11) is 0. The molecular formula is C16H21N3O2. The van der Waals surface area contributed by atoms with E-state index in [2.05, 4.69) is 9.97 Å². The third-order valence-corrected chi connectivity index (χ3v) is 3.45. The molecule has 1 saturated carbocycles. The Morgan fingerprint density at radius 1 is 1.48 bits per heavy atom. The van der Waals surface area contributed by atoms with Gasteiger partial charge in [0.05, 0.1) is 5.52 Å². The van der Waals surface area contributed by atoms with Crippen molar-refractivity contribution in [3.8, 4) is 0 Å². The van der Waals surface area contributed by atoms with Crippen molar-refractivity contribution in [3.05, 3.63) is 24.5 Å². The van der Waals surface area contributed by atoms with Crippen LogP contribution in [0.15, 0.2) is 24.5 Å². The lowest BCUT2D eigenvalue weighted by atomic mass is 10.2. The zero-order valence-electron chi connectivity index (χ0n) is 12.7. The minimum atomic E-state index is -0.505. The number of hydrogen-bond acceptors (Lipinski definition) is 3. The third-order valence-electron chi connectivity index (χ3n) is 3.45. The van der Waals surface area contributed by atoms with E-state index in [1.54, 1.807) is 11.1 Å². The molecule has 0 aromatic carbocycles. The first-order chi connectivity index (χ1) is 9.92. The maximum Gasteiger partial charge on any atom is 0.416 e. The van der Waals surface area contributed by atoms with E-state index in [1.807, 2.05) is 39.1 Å². The number of anilines is 1. The highest BCUT2D eigenvalue weighted by Crippen LogP contribution is 2.32. The van der Waals surface area contributed by atoms with Crippen molar-refractivity contribution in [2.45, 2.75) is 39.2 Å². The quantitative estimate of drug-likeness (QED) is 0.936. The second-order valence-corrected chi connectivity index (χ2v) is 6.64. The van der Waals surface area contributed by atoms with E-state index in [4.69, 9.17) is 4.74 Å². The van der Waals surface area contributed by atoms with Gasteiger partial charge < -0.3 is 9.72 Å². The molecule has 0 saturated heterocycles. The van der Waals surface area contributed by atoms with E-state index in [0.29, 0.717) is 18.3 Å². The molecule has 1 amide bonds. The first-order valence-electron chi connectivity index (χ1n) is 7.36. The van der Waals surface area contributed by atoms with E-state index < -0.39 is 5.60 Å². The molecule has 0 bridgehead atoms. The minimum absolute atomic E-state index is 0.326. The predicted octanol–water partition coefficient (Wildman–Crippen LogP) is 3.71. The first-order valence-corrected chi connectivity index (χ1v) is 7.36. The lowest BCUT2D eigenvalue weighted by molar-refractivity contribution is 0.0577. The predicted molar refractivity (Wildman–Crippen MR) is 82.4 cm³/mol. The van der Waals surface area contributed by atoms with Crippen molar-refractivity contribution in [2.24, 2.45) is 5.92 Å². The standard InChI is InChI=1S/C16H21N3O2/c1-16(2,3)21-15(20)19(10-11-4-5-11)14-8-13-12(9-18-14)6-7-17-13/h6-9,11,17H,4-5,10H2,1-3H3. The molecule has 1 fully saturated rings. The van der Waals surface area contributed by atoms with Gasteiger partial charge in [-0.15, -0.1) is 0 Å². The number of aromatic amines is 1. The molecule has 2 heterocycles. The fraction of sp³-hybridized carbons (Fsp3) is 0.500. The summed E-state index contributed by atoms with van der Waals surface area (Å²) < 4.78 is 5.51. The number of aromatic nitrogens is 2.